The fourth-order valence-electron chi connectivity index (χ4n) is 1.96. The zero-order valence-electron chi connectivity index (χ0n) is 10.8. The second kappa shape index (κ2) is 5.44. The Labute approximate surface area is 116 Å². The minimum absolute atomic E-state index is 0.174. The molecule has 3 aromatic rings. The van der Waals surface area contributed by atoms with Gasteiger partial charge in [0.05, 0.1) is 36.1 Å². The summed E-state index contributed by atoms with van der Waals surface area (Å²) in [5, 5.41) is 12.6. The van der Waals surface area contributed by atoms with Gasteiger partial charge >= 0.3 is 0 Å². The standard InChI is InChI=1S/C15H14N4O/c20-13-6-5-12(17-10-13)9-18-14-3-1-2-4-15(14)19-8-7-16-11-19/h1-8,10-11,18,20H,9H2. The third-order valence-corrected chi connectivity index (χ3v) is 2.96. The van der Waals surface area contributed by atoms with E-state index < -0.39 is 0 Å². The molecule has 0 unspecified atom stereocenters. The zero-order valence-corrected chi connectivity index (χ0v) is 10.8. The molecule has 0 spiro atoms. The van der Waals surface area contributed by atoms with E-state index in [2.05, 4.69) is 15.3 Å². The summed E-state index contributed by atoms with van der Waals surface area (Å²) in [5.74, 6) is 0.174. The molecule has 100 valence electrons. The fourth-order valence-corrected chi connectivity index (χ4v) is 1.96. The maximum Gasteiger partial charge on any atom is 0.133 e. The van der Waals surface area contributed by atoms with Gasteiger partial charge in [-0.15, -0.1) is 0 Å². The maximum atomic E-state index is 9.22. The molecule has 0 saturated heterocycles. The Bertz CT molecular complexity index is 677. The SMILES string of the molecule is Oc1ccc(CNc2ccccc2-n2ccnc2)nc1. The van der Waals surface area contributed by atoms with Gasteiger partial charge in [-0.05, 0) is 24.3 Å². The third-order valence-electron chi connectivity index (χ3n) is 2.96. The van der Waals surface area contributed by atoms with Crippen molar-refractivity contribution in [2.24, 2.45) is 0 Å². The summed E-state index contributed by atoms with van der Waals surface area (Å²) in [6.07, 6.45) is 6.86. The van der Waals surface area contributed by atoms with E-state index in [4.69, 9.17) is 0 Å². The molecule has 20 heavy (non-hydrogen) atoms. The second-order valence-electron chi connectivity index (χ2n) is 4.35. The number of benzene rings is 1. The van der Waals surface area contributed by atoms with Gasteiger partial charge in [-0.2, -0.15) is 0 Å². The van der Waals surface area contributed by atoms with Crippen molar-refractivity contribution in [2.75, 3.05) is 5.32 Å². The molecule has 0 radical (unpaired) electrons. The topological polar surface area (TPSA) is 63.0 Å². The quantitative estimate of drug-likeness (QED) is 0.762. The van der Waals surface area contributed by atoms with Crippen molar-refractivity contribution < 1.29 is 5.11 Å². The number of rotatable bonds is 4. The molecule has 0 aliphatic rings. The summed E-state index contributed by atoms with van der Waals surface area (Å²) in [6.45, 7) is 0.589. The van der Waals surface area contributed by atoms with Crippen LogP contribution in [-0.4, -0.2) is 19.6 Å². The highest BCUT2D eigenvalue weighted by molar-refractivity contribution is 5.60. The first kappa shape index (κ1) is 12.2. The predicted molar refractivity (Wildman–Crippen MR) is 76.8 cm³/mol. The molecule has 0 amide bonds. The third kappa shape index (κ3) is 2.61. The minimum Gasteiger partial charge on any atom is -0.506 e. The van der Waals surface area contributed by atoms with Crippen molar-refractivity contribution in [3.05, 3.63) is 67.0 Å². The van der Waals surface area contributed by atoms with Crippen LogP contribution in [0.3, 0.4) is 0 Å². The molecular formula is C15H14N4O. The van der Waals surface area contributed by atoms with Gasteiger partial charge in [0.25, 0.3) is 0 Å². The first-order valence-electron chi connectivity index (χ1n) is 6.28. The molecule has 0 fully saturated rings. The average molecular weight is 266 g/mol. The molecule has 2 aromatic heterocycles. The van der Waals surface area contributed by atoms with Crippen LogP contribution in [0.4, 0.5) is 5.69 Å². The number of pyridine rings is 1. The molecule has 0 aliphatic heterocycles. The van der Waals surface area contributed by atoms with Crippen molar-refractivity contribution in [1.29, 1.82) is 0 Å². The molecule has 3 rings (SSSR count). The van der Waals surface area contributed by atoms with E-state index in [-0.39, 0.29) is 5.75 Å². The van der Waals surface area contributed by atoms with E-state index in [0.717, 1.165) is 17.1 Å². The molecule has 2 N–H and O–H groups in total. The number of hydrogen-bond acceptors (Lipinski definition) is 4. The summed E-state index contributed by atoms with van der Waals surface area (Å²) < 4.78 is 1.95. The highest BCUT2D eigenvalue weighted by Gasteiger charge is 2.03. The lowest BCUT2D eigenvalue weighted by atomic mass is 10.2. The number of para-hydroxylation sites is 2. The number of hydrogen-bond donors (Lipinski definition) is 2. The highest BCUT2D eigenvalue weighted by atomic mass is 16.3. The first-order valence-corrected chi connectivity index (χ1v) is 6.28. The molecule has 2 heterocycles. The average Bonchev–Trinajstić information content (AvgIpc) is 3.01. The van der Waals surface area contributed by atoms with Crippen LogP contribution in [0.2, 0.25) is 0 Å². The fraction of sp³-hybridized carbons (Fsp3) is 0.0667. The first-order chi connectivity index (χ1) is 9.83. The van der Waals surface area contributed by atoms with Crippen LogP contribution in [0.15, 0.2) is 61.3 Å². The number of aromatic hydroxyl groups is 1. The zero-order chi connectivity index (χ0) is 13.8. The number of imidazole rings is 1. The summed E-state index contributed by atoms with van der Waals surface area (Å²) in [4.78, 5) is 8.22. The van der Waals surface area contributed by atoms with Gasteiger partial charge in [-0.1, -0.05) is 12.1 Å². The molecule has 0 atom stereocenters. The Morgan fingerprint density at radius 3 is 2.80 bits per heavy atom. The van der Waals surface area contributed by atoms with Crippen molar-refractivity contribution in [1.82, 2.24) is 14.5 Å². The molecule has 0 aliphatic carbocycles. The van der Waals surface area contributed by atoms with Gasteiger partial charge in [-0.25, -0.2) is 4.98 Å². The highest BCUT2D eigenvalue weighted by Crippen LogP contribution is 2.20. The second-order valence-corrected chi connectivity index (χ2v) is 4.35. The van der Waals surface area contributed by atoms with Gasteiger partial charge in [0.2, 0.25) is 0 Å². The van der Waals surface area contributed by atoms with Crippen molar-refractivity contribution in [3.63, 3.8) is 0 Å². The van der Waals surface area contributed by atoms with Crippen LogP contribution in [0, 0.1) is 0 Å². The van der Waals surface area contributed by atoms with Gasteiger partial charge in [0.1, 0.15) is 5.75 Å². The predicted octanol–water partition coefficient (Wildman–Crippen LogP) is 2.58. The Balaban J connectivity index is 1.79. The lowest BCUT2D eigenvalue weighted by Gasteiger charge is -2.12. The number of aromatic nitrogens is 3. The Kier molecular flexibility index (Phi) is 3.33. The number of nitrogens with zero attached hydrogens (tertiary/aromatic N) is 3. The summed E-state index contributed by atoms with van der Waals surface area (Å²) in [7, 11) is 0. The summed E-state index contributed by atoms with van der Waals surface area (Å²) in [5.41, 5.74) is 2.90. The Morgan fingerprint density at radius 1 is 1.15 bits per heavy atom. The van der Waals surface area contributed by atoms with E-state index in [1.807, 2.05) is 35.0 Å². The van der Waals surface area contributed by atoms with Gasteiger partial charge in [-0.3, -0.25) is 4.98 Å². The number of anilines is 1. The molecule has 0 saturated carbocycles. The van der Waals surface area contributed by atoms with Gasteiger partial charge in [0.15, 0.2) is 0 Å². The van der Waals surface area contributed by atoms with Crippen LogP contribution in [-0.2, 0) is 6.54 Å². The van der Waals surface area contributed by atoms with Gasteiger partial charge < -0.3 is 15.0 Å². The van der Waals surface area contributed by atoms with Crippen LogP contribution >= 0.6 is 0 Å². The molecule has 1 aromatic carbocycles. The number of nitrogens with one attached hydrogen (secondary N) is 1. The van der Waals surface area contributed by atoms with Crippen molar-refractivity contribution >= 4 is 5.69 Å². The molecule has 5 heteroatoms. The van der Waals surface area contributed by atoms with Crippen LogP contribution < -0.4 is 5.32 Å². The normalized spacial score (nSPS) is 10.4. The summed E-state index contributed by atoms with van der Waals surface area (Å²) in [6, 6.07) is 11.4. The van der Waals surface area contributed by atoms with E-state index in [9.17, 15) is 5.11 Å². The smallest absolute Gasteiger partial charge is 0.133 e. The maximum absolute atomic E-state index is 9.22. The van der Waals surface area contributed by atoms with Crippen LogP contribution in [0.5, 0.6) is 5.75 Å². The Morgan fingerprint density at radius 2 is 2.05 bits per heavy atom. The monoisotopic (exact) mass is 266 g/mol. The minimum atomic E-state index is 0.174. The molecular weight excluding hydrogens is 252 g/mol. The van der Waals surface area contributed by atoms with Crippen molar-refractivity contribution in [2.45, 2.75) is 6.54 Å². The summed E-state index contributed by atoms with van der Waals surface area (Å²) >= 11 is 0. The Hall–Kier alpha value is -2.82. The van der Waals surface area contributed by atoms with Gasteiger partial charge in [0, 0.05) is 12.4 Å². The van der Waals surface area contributed by atoms with E-state index in [1.165, 1.54) is 6.20 Å². The van der Waals surface area contributed by atoms with E-state index in [0.29, 0.717) is 6.54 Å². The van der Waals surface area contributed by atoms with E-state index >= 15 is 0 Å². The molecule has 5 nitrogen and oxygen atoms in total. The lowest BCUT2D eigenvalue weighted by Crippen LogP contribution is -2.04. The van der Waals surface area contributed by atoms with Crippen molar-refractivity contribution in [3.8, 4) is 11.4 Å². The molecule has 0 bridgehead atoms. The largest absolute Gasteiger partial charge is 0.506 e. The van der Waals surface area contributed by atoms with Crippen LogP contribution in [0.1, 0.15) is 5.69 Å². The van der Waals surface area contributed by atoms with Crippen LogP contribution in [0.25, 0.3) is 5.69 Å². The van der Waals surface area contributed by atoms with E-state index in [1.54, 1.807) is 24.7 Å². The lowest BCUT2D eigenvalue weighted by molar-refractivity contribution is 0.472.